The van der Waals surface area contributed by atoms with Gasteiger partial charge in [0.2, 0.25) is 0 Å². The molecule has 1 saturated heterocycles. The van der Waals surface area contributed by atoms with Gasteiger partial charge in [-0.3, -0.25) is 4.99 Å². The zero-order valence-electron chi connectivity index (χ0n) is 15.8. The predicted octanol–water partition coefficient (Wildman–Crippen LogP) is 5.56. The normalized spacial score (nSPS) is 27.2. The maximum Gasteiger partial charge on any atom is 0.123 e. The van der Waals surface area contributed by atoms with Gasteiger partial charge in [-0.2, -0.15) is 0 Å². The smallest absolute Gasteiger partial charge is 0.123 e. The summed E-state index contributed by atoms with van der Waals surface area (Å²) < 4.78 is 13.2. The van der Waals surface area contributed by atoms with Crippen molar-refractivity contribution in [3.8, 4) is 0 Å². The summed E-state index contributed by atoms with van der Waals surface area (Å²) >= 11 is 0. The Hall–Kier alpha value is -1.64. The van der Waals surface area contributed by atoms with Crippen molar-refractivity contribution < 1.29 is 4.39 Å². The van der Waals surface area contributed by atoms with Crippen molar-refractivity contribution in [3.63, 3.8) is 0 Å². The Balaban J connectivity index is 0.00000100. The van der Waals surface area contributed by atoms with E-state index in [4.69, 9.17) is 0 Å². The fourth-order valence-corrected chi connectivity index (χ4v) is 4.05. The highest BCUT2D eigenvalue weighted by Gasteiger charge is 2.32. The number of halogens is 1. The molecule has 1 aromatic rings. The second kappa shape index (κ2) is 8.46. The van der Waals surface area contributed by atoms with Gasteiger partial charge < -0.3 is 4.90 Å². The minimum Gasteiger partial charge on any atom is -0.372 e. The number of benzene rings is 1. The van der Waals surface area contributed by atoms with Crippen LogP contribution in [0.5, 0.6) is 0 Å². The first-order chi connectivity index (χ1) is 11.6. The number of hydrogen-bond donors (Lipinski definition) is 0. The van der Waals surface area contributed by atoms with Crippen molar-refractivity contribution in [2.24, 2.45) is 4.99 Å². The van der Waals surface area contributed by atoms with Crippen LogP contribution >= 0.6 is 0 Å². The van der Waals surface area contributed by atoms with Gasteiger partial charge in [-0.15, -0.1) is 0 Å². The first-order valence-electron chi connectivity index (χ1n) is 9.30. The van der Waals surface area contributed by atoms with E-state index in [9.17, 15) is 4.39 Å². The highest BCUT2D eigenvalue weighted by molar-refractivity contribution is 6.07. The lowest BCUT2D eigenvalue weighted by Gasteiger charge is -2.26. The molecule has 24 heavy (non-hydrogen) atoms. The molecule has 1 aliphatic heterocycles. The minimum absolute atomic E-state index is 0.172. The van der Waals surface area contributed by atoms with Crippen LogP contribution in [0, 0.1) is 5.82 Å². The van der Waals surface area contributed by atoms with Crippen molar-refractivity contribution in [1.82, 2.24) is 4.90 Å². The Morgan fingerprint density at radius 2 is 1.83 bits per heavy atom. The molecule has 2 aliphatic rings. The summed E-state index contributed by atoms with van der Waals surface area (Å²) in [4.78, 5) is 7.14. The quantitative estimate of drug-likeness (QED) is 0.693. The molecule has 1 aromatic carbocycles. The Morgan fingerprint density at radius 1 is 1.17 bits per heavy atom. The molecule has 1 saturated carbocycles. The molecule has 0 amide bonds. The third kappa shape index (κ3) is 3.71. The Labute approximate surface area is 146 Å². The third-order valence-electron chi connectivity index (χ3n) is 5.26. The highest BCUT2D eigenvalue weighted by atomic mass is 19.1. The van der Waals surface area contributed by atoms with Gasteiger partial charge in [0.1, 0.15) is 5.82 Å². The van der Waals surface area contributed by atoms with Crippen molar-refractivity contribution >= 4 is 5.71 Å². The van der Waals surface area contributed by atoms with Crippen molar-refractivity contribution in [1.29, 1.82) is 0 Å². The van der Waals surface area contributed by atoms with Gasteiger partial charge in [-0.1, -0.05) is 26.0 Å². The monoisotopic (exact) mass is 330 g/mol. The predicted molar refractivity (Wildman–Crippen MR) is 101 cm³/mol. The van der Waals surface area contributed by atoms with Crippen LogP contribution in [0.1, 0.15) is 64.9 Å². The molecule has 0 bridgehead atoms. The zero-order valence-corrected chi connectivity index (χ0v) is 15.8. The van der Waals surface area contributed by atoms with Gasteiger partial charge >= 0.3 is 0 Å². The maximum absolute atomic E-state index is 13.2. The first kappa shape index (κ1) is 18.7. The van der Waals surface area contributed by atoms with E-state index in [2.05, 4.69) is 23.7 Å². The zero-order chi connectivity index (χ0) is 17.7. The summed E-state index contributed by atoms with van der Waals surface area (Å²) in [5.74, 6) is 0.142. The van der Waals surface area contributed by atoms with Gasteiger partial charge in [-0.25, -0.2) is 4.39 Å². The summed E-state index contributed by atoms with van der Waals surface area (Å²) in [6, 6.07) is 7.55. The maximum atomic E-state index is 13.2. The number of rotatable bonds is 2. The molecule has 2 atom stereocenters. The van der Waals surface area contributed by atoms with Crippen LogP contribution in [0.2, 0.25) is 0 Å². The number of nitrogens with zero attached hydrogens (tertiary/aromatic N) is 2. The first-order valence-corrected chi connectivity index (χ1v) is 9.30. The number of aliphatic imine (C=N–C) groups is 1. The van der Waals surface area contributed by atoms with Gasteiger partial charge in [0.25, 0.3) is 0 Å². The lowest BCUT2D eigenvalue weighted by molar-refractivity contribution is 0.338. The molecule has 1 heterocycles. The minimum atomic E-state index is -0.172. The molecule has 0 N–H and O–H groups in total. The molecular formula is C21H31FN2. The van der Waals surface area contributed by atoms with Gasteiger partial charge in [-0.05, 0) is 62.8 Å². The second-order valence-corrected chi connectivity index (χ2v) is 6.50. The number of hydrogen-bond acceptors (Lipinski definition) is 2. The molecule has 3 heteroatoms. The fraction of sp³-hybridized carbons (Fsp3) is 0.571. The van der Waals surface area contributed by atoms with Crippen LogP contribution in [0.25, 0.3) is 0 Å². The molecule has 0 aromatic heterocycles. The standard InChI is InChI=1S/C19H25FN2.C2H6/c1-13-5-4-12-22(13)14(2)17-10-11-18(19(17)21-3)15-6-8-16(20)9-7-15;1-2/h6-9,13,18H,4-5,10-12H2,1-3H3;1-2H3/b17-14+,21-19?;. The van der Waals surface area contributed by atoms with Gasteiger partial charge in [0.15, 0.2) is 0 Å². The molecular weight excluding hydrogens is 299 g/mol. The van der Waals surface area contributed by atoms with Crippen molar-refractivity contribution in [2.45, 2.75) is 65.3 Å². The van der Waals surface area contributed by atoms with E-state index in [1.165, 1.54) is 35.4 Å². The lowest BCUT2D eigenvalue weighted by atomic mass is 9.95. The molecule has 2 nitrogen and oxygen atoms in total. The Morgan fingerprint density at radius 3 is 2.38 bits per heavy atom. The van der Waals surface area contributed by atoms with E-state index >= 15 is 0 Å². The summed E-state index contributed by atoms with van der Waals surface area (Å²) in [6.07, 6.45) is 4.72. The molecule has 132 valence electrons. The summed E-state index contributed by atoms with van der Waals surface area (Å²) in [5, 5.41) is 0. The van der Waals surface area contributed by atoms with Gasteiger partial charge in [0.05, 0.1) is 0 Å². The summed E-state index contributed by atoms with van der Waals surface area (Å²) in [7, 11) is 1.89. The van der Waals surface area contributed by atoms with Crippen molar-refractivity contribution in [3.05, 3.63) is 46.9 Å². The molecule has 3 rings (SSSR count). The van der Waals surface area contributed by atoms with E-state index in [0.717, 1.165) is 19.4 Å². The van der Waals surface area contributed by atoms with Crippen molar-refractivity contribution in [2.75, 3.05) is 13.6 Å². The molecule has 2 unspecified atom stereocenters. The van der Waals surface area contributed by atoms with Gasteiger partial charge in [0, 0.05) is 37.0 Å². The third-order valence-corrected chi connectivity index (χ3v) is 5.26. The average molecular weight is 330 g/mol. The number of allylic oxidation sites excluding steroid dienone is 2. The van der Waals surface area contributed by atoms with E-state index in [1.807, 2.05) is 33.0 Å². The summed E-state index contributed by atoms with van der Waals surface area (Å²) in [5.41, 5.74) is 5.18. The van der Waals surface area contributed by atoms with Crippen LogP contribution < -0.4 is 0 Å². The van der Waals surface area contributed by atoms with E-state index in [0.29, 0.717) is 12.0 Å². The van der Waals surface area contributed by atoms with Crippen LogP contribution in [-0.2, 0) is 0 Å². The topological polar surface area (TPSA) is 15.6 Å². The Kier molecular flexibility index (Phi) is 6.59. The van der Waals surface area contributed by atoms with Crippen LogP contribution in [0.3, 0.4) is 0 Å². The average Bonchev–Trinajstić information content (AvgIpc) is 3.22. The summed E-state index contributed by atoms with van der Waals surface area (Å²) in [6.45, 7) is 9.72. The lowest BCUT2D eigenvalue weighted by Crippen LogP contribution is -2.27. The van der Waals surface area contributed by atoms with E-state index in [1.54, 1.807) is 12.1 Å². The van der Waals surface area contributed by atoms with E-state index < -0.39 is 0 Å². The Bertz CT molecular complexity index is 601. The van der Waals surface area contributed by atoms with Crippen LogP contribution in [0.4, 0.5) is 4.39 Å². The van der Waals surface area contributed by atoms with E-state index in [-0.39, 0.29) is 5.82 Å². The highest BCUT2D eigenvalue weighted by Crippen LogP contribution is 2.39. The molecule has 2 fully saturated rings. The molecule has 0 spiro atoms. The van der Waals surface area contributed by atoms with Crippen LogP contribution in [0.15, 0.2) is 40.5 Å². The number of likely N-dealkylation sites (tertiary alicyclic amines) is 1. The van der Waals surface area contributed by atoms with Crippen LogP contribution in [-0.4, -0.2) is 30.2 Å². The molecule has 0 radical (unpaired) electrons. The largest absolute Gasteiger partial charge is 0.372 e. The SMILES string of the molecule is CC.CN=C1/C(=C(\C)N2CCCC2C)CCC1c1ccc(F)cc1. The fourth-order valence-electron chi connectivity index (χ4n) is 4.05. The second-order valence-electron chi connectivity index (χ2n) is 6.50. The molecule has 1 aliphatic carbocycles.